The molecule has 0 aromatic rings. The number of hydrogen-bond acceptors (Lipinski definition) is 3. The van der Waals surface area contributed by atoms with E-state index in [1.165, 1.54) is 57.8 Å². The summed E-state index contributed by atoms with van der Waals surface area (Å²) in [6.07, 6.45) is 17.5. The number of aliphatic carboxylic acids is 1. The van der Waals surface area contributed by atoms with Crippen molar-refractivity contribution in [2.24, 2.45) is 0 Å². The van der Waals surface area contributed by atoms with E-state index in [0.717, 1.165) is 25.7 Å². The molecule has 0 spiro atoms. The third-order valence-electron chi connectivity index (χ3n) is 4.86. The standard InChI is InChI=1S/C22H41NO4/c1-2-3-4-5-6-7-8-9-10-11-12-14-17-20(24)22(27)23-19-16-13-15-18-21(25)26/h2-19H2,1H3,(H,23,27)(H,25,26). The van der Waals surface area contributed by atoms with E-state index in [4.69, 9.17) is 5.11 Å². The summed E-state index contributed by atoms with van der Waals surface area (Å²) in [7, 11) is 0. The van der Waals surface area contributed by atoms with Gasteiger partial charge in [-0.25, -0.2) is 0 Å². The van der Waals surface area contributed by atoms with E-state index in [0.29, 0.717) is 25.8 Å². The van der Waals surface area contributed by atoms with Gasteiger partial charge in [0.05, 0.1) is 0 Å². The van der Waals surface area contributed by atoms with Crippen LogP contribution in [0, 0.1) is 0 Å². The second-order valence-electron chi connectivity index (χ2n) is 7.52. The van der Waals surface area contributed by atoms with Gasteiger partial charge in [-0.05, 0) is 19.3 Å². The number of carboxylic acid groups (broad SMARTS) is 1. The number of Topliss-reactive ketones (excluding diaryl/α,β-unsaturated/α-hetero) is 1. The molecule has 5 nitrogen and oxygen atoms in total. The second-order valence-corrected chi connectivity index (χ2v) is 7.52. The molecule has 0 aliphatic rings. The summed E-state index contributed by atoms with van der Waals surface area (Å²) in [6, 6.07) is 0. The lowest BCUT2D eigenvalue weighted by Crippen LogP contribution is -2.31. The molecular weight excluding hydrogens is 342 g/mol. The highest BCUT2D eigenvalue weighted by Crippen LogP contribution is 2.12. The Morgan fingerprint density at radius 3 is 1.59 bits per heavy atom. The molecule has 0 fully saturated rings. The van der Waals surface area contributed by atoms with Crippen molar-refractivity contribution >= 4 is 17.7 Å². The Morgan fingerprint density at radius 1 is 0.630 bits per heavy atom. The van der Waals surface area contributed by atoms with Gasteiger partial charge in [-0.3, -0.25) is 14.4 Å². The third kappa shape index (κ3) is 19.2. The quantitative estimate of drug-likeness (QED) is 0.217. The zero-order valence-electron chi connectivity index (χ0n) is 17.4. The molecule has 1 amide bonds. The fourth-order valence-corrected chi connectivity index (χ4v) is 3.12. The maximum Gasteiger partial charge on any atom is 0.303 e. The lowest BCUT2D eigenvalue weighted by atomic mass is 10.0. The predicted octanol–water partition coefficient (Wildman–Crippen LogP) is 5.41. The van der Waals surface area contributed by atoms with Crippen molar-refractivity contribution in [1.82, 2.24) is 5.32 Å². The Bertz CT molecular complexity index is 396. The number of unbranched alkanes of at least 4 members (excludes halogenated alkanes) is 13. The smallest absolute Gasteiger partial charge is 0.303 e. The van der Waals surface area contributed by atoms with E-state index in [-0.39, 0.29) is 12.2 Å². The first-order chi connectivity index (χ1) is 13.1. The molecule has 0 radical (unpaired) electrons. The molecule has 0 atom stereocenters. The van der Waals surface area contributed by atoms with Crippen LogP contribution in [0.25, 0.3) is 0 Å². The highest BCUT2D eigenvalue weighted by molar-refractivity contribution is 6.36. The Kier molecular flexibility index (Phi) is 18.4. The number of carboxylic acids is 1. The number of ketones is 1. The molecule has 0 saturated heterocycles. The molecule has 27 heavy (non-hydrogen) atoms. The molecule has 0 saturated carbocycles. The van der Waals surface area contributed by atoms with E-state index in [9.17, 15) is 14.4 Å². The predicted molar refractivity (Wildman–Crippen MR) is 110 cm³/mol. The van der Waals surface area contributed by atoms with Gasteiger partial charge < -0.3 is 10.4 Å². The monoisotopic (exact) mass is 383 g/mol. The lowest BCUT2D eigenvalue weighted by Gasteiger charge is -2.05. The SMILES string of the molecule is CCCCCCCCCCCCCCC(=O)C(=O)NCCCCCC(=O)O. The molecule has 5 heteroatoms. The van der Waals surface area contributed by atoms with Gasteiger partial charge in [-0.1, -0.05) is 84.0 Å². The Balaban J connectivity index is 3.35. The zero-order chi connectivity index (χ0) is 20.2. The number of rotatable bonds is 20. The van der Waals surface area contributed by atoms with Crippen LogP contribution in [0.1, 0.15) is 116 Å². The number of carbonyl (C=O) groups excluding carboxylic acids is 2. The number of amides is 1. The van der Waals surface area contributed by atoms with Crippen molar-refractivity contribution < 1.29 is 19.5 Å². The van der Waals surface area contributed by atoms with E-state index >= 15 is 0 Å². The van der Waals surface area contributed by atoms with E-state index < -0.39 is 11.9 Å². The normalized spacial score (nSPS) is 10.7. The number of nitrogens with one attached hydrogen (secondary N) is 1. The van der Waals surface area contributed by atoms with Crippen molar-refractivity contribution in [2.45, 2.75) is 116 Å². The first-order valence-electron chi connectivity index (χ1n) is 11.1. The summed E-state index contributed by atoms with van der Waals surface area (Å²) in [5.74, 6) is -1.61. The molecule has 2 N–H and O–H groups in total. The maximum atomic E-state index is 11.7. The largest absolute Gasteiger partial charge is 0.481 e. The number of carbonyl (C=O) groups is 3. The first kappa shape index (κ1) is 25.6. The van der Waals surface area contributed by atoms with Gasteiger partial charge in [0, 0.05) is 19.4 Å². The van der Waals surface area contributed by atoms with Crippen molar-refractivity contribution in [3.8, 4) is 0 Å². The minimum Gasteiger partial charge on any atom is -0.481 e. The molecule has 0 aromatic heterocycles. The summed E-state index contributed by atoms with van der Waals surface area (Å²) in [6.45, 7) is 2.69. The molecule has 0 aliphatic carbocycles. The van der Waals surface area contributed by atoms with Gasteiger partial charge in [0.15, 0.2) is 0 Å². The van der Waals surface area contributed by atoms with Gasteiger partial charge in [-0.2, -0.15) is 0 Å². The molecular formula is C22H41NO4. The average molecular weight is 384 g/mol. The van der Waals surface area contributed by atoms with Crippen LogP contribution in [0.5, 0.6) is 0 Å². The maximum absolute atomic E-state index is 11.7. The van der Waals surface area contributed by atoms with Crippen LogP contribution in [-0.2, 0) is 14.4 Å². The Labute approximate surface area is 165 Å². The van der Waals surface area contributed by atoms with Crippen molar-refractivity contribution in [3.63, 3.8) is 0 Å². The highest BCUT2D eigenvalue weighted by Gasteiger charge is 2.11. The minimum atomic E-state index is -0.795. The molecule has 0 aliphatic heterocycles. The van der Waals surface area contributed by atoms with Gasteiger partial charge in [0.2, 0.25) is 5.78 Å². The van der Waals surface area contributed by atoms with Crippen LogP contribution in [0.2, 0.25) is 0 Å². The first-order valence-corrected chi connectivity index (χ1v) is 11.1. The minimum absolute atomic E-state index is 0.159. The molecule has 0 unspecified atom stereocenters. The van der Waals surface area contributed by atoms with Gasteiger partial charge >= 0.3 is 5.97 Å². The third-order valence-corrected chi connectivity index (χ3v) is 4.86. The van der Waals surface area contributed by atoms with Gasteiger partial charge in [0.1, 0.15) is 0 Å². The molecule has 158 valence electrons. The van der Waals surface area contributed by atoms with Gasteiger partial charge in [0.25, 0.3) is 5.91 Å². The van der Waals surface area contributed by atoms with Crippen LogP contribution in [0.15, 0.2) is 0 Å². The summed E-state index contributed by atoms with van der Waals surface area (Å²) < 4.78 is 0. The van der Waals surface area contributed by atoms with Crippen LogP contribution >= 0.6 is 0 Å². The second kappa shape index (κ2) is 19.4. The van der Waals surface area contributed by atoms with Crippen molar-refractivity contribution in [3.05, 3.63) is 0 Å². The fraction of sp³-hybridized carbons (Fsp3) is 0.864. The highest BCUT2D eigenvalue weighted by atomic mass is 16.4. The van der Waals surface area contributed by atoms with Gasteiger partial charge in [-0.15, -0.1) is 0 Å². The molecule has 0 aromatic carbocycles. The Morgan fingerprint density at radius 2 is 1.07 bits per heavy atom. The topological polar surface area (TPSA) is 83.5 Å². The number of hydrogen-bond donors (Lipinski definition) is 2. The summed E-state index contributed by atoms with van der Waals surface area (Å²) in [5, 5.41) is 11.2. The summed E-state index contributed by atoms with van der Waals surface area (Å²) in [5.41, 5.74) is 0. The van der Waals surface area contributed by atoms with Crippen molar-refractivity contribution in [1.29, 1.82) is 0 Å². The fourth-order valence-electron chi connectivity index (χ4n) is 3.12. The van der Waals surface area contributed by atoms with Crippen LogP contribution in [0.4, 0.5) is 0 Å². The molecule has 0 rings (SSSR count). The van der Waals surface area contributed by atoms with E-state index in [1.807, 2.05) is 0 Å². The van der Waals surface area contributed by atoms with E-state index in [1.54, 1.807) is 0 Å². The summed E-state index contributed by atoms with van der Waals surface area (Å²) >= 11 is 0. The Hall–Kier alpha value is -1.39. The average Bonchev–Trinajstić information content (AvgIpc) is 2.64. The van der Waals surface area contributed by atoms with Crippen LogP contribution in [-0.4, -0.2) is 29.3 Å². The lowest BCUT2D eigenvalue weighted by molar-refractivity contribution is -0.138. The van der Waals surface area contributed by atoms with Crippen LogP contribution < -0.4 is 5.32 Å². The molecule has 0 heterocycles. The molecule has 0 bridgehead atoms. The summed E-state index contributed by atoms with van der Waals surface area (Å²) in [4.78, 5) is 33.8. The van der Waals surface area contributed by atoms with E-state index in [2.05, 4.69) is 12.2 Å². The van der Waals surface area contributed by atoms with Crippen molar-refractivity contribution in [2.75, 3.05) is 6.54 Å². The van der Waals surface area contributed by atoms with Crippen LogP contribution in [0.3, 0.4) is 0 Å². The zero-order valence-corrected chi connectivity index (χ0v) is 17.4.